The first-order valence-corrected chi connectivity index (χ1v) is 10.2. The second-order valence-electron chi connectivity index (χ2n) is 9.45. The molecule has 0 radical (unpaired) electrons. The fraction of sp³-hybridized carbons (Fsp3) is 0.889. The lowest BCUT2D eigenvalue weighted by Gasteiger charge is -2.62. The molecule has 7 rings (SSSR count). The maximum Gasteiger partial charge on any atom is 0.613 e. The van der Waals surface area contributed by atoms with Crippen LogP contribution in [0.5, 0.6) is 0 Å². The SMILES string of the molecule is O=C1OC2C3OC4(OC3OC2C1O)C1CC2CC4CC(OC(=O)C(F)(F)[N+](=O)[O-])(C2)C1. The van der Waals surface area contributed by atoms with Gasteiger partial charge in [0.1, 0.15) is 16.6 Å². The second kappa shape index (κ2) is 5.88. The molecule has 3 aliphatic heterocycles. The van der Waals surface area contributed by atoms with Crippen molar-refractivity contribution in [2.75, 3.05) is 0 Å². The van der Waals surface area contributed by atoms with E-state index in [2.05, 4.69) is 0 Å². The Morgan fingerprint density at radius 2 is 1.84 bits per heavy atom. The minimum atomic E-state index is -4.81. The number of esters is 2. The fourth-order valence-electron chi connectivity index (χ4n) is 6.71. The van der Waals surface area contributed by atoms with Crippen LogP contribution in [0, 0.1) is 27.9 Å². The number of nitrogens with zero attached hydrogens (tertiary/aromatic N) is 1. The Hall–Kier alpha value is -1.96. The zero-order valence-corrected chi connectivity index (χ0v) is 16.0. The first kappa shape index (κ1) is 19.7. The molecule has 3 heterocycles. The number of carbonyl (C=O) groups is 2. The van der Waals surface area contributed by atoms with Crippen LogP contribution in [0.1, 0.15) is 32.1 Å². The van der Waals surface area contributed by atoms with Crippen LogP contribution >= 0.6 is 0 Å². The number of nitro groups is 1. The van der Waals surface area contributed by atoms with Crippen LogP contribution in [0.2, 0.25) is 0 Å². The van der Waals surface area contributed by atoms with Crippen molar-refractivity contribution in [1.29, 1.82) is 0 Å². The lowest BCUT2D eigenvalue weighted by molar-refractivity contribution is -0.626. The number of fused-ring (bicyclic) bond motifs is 3. The highest BCUT2D eigenvalue weighted by Crippen LogP contribution is 2.65. The van der Waals surface area contributed by atoms with Gasteiger partial charge in [-0.1, -0.05) is 0 Å². The van der Waals surface area contributed by atoms with Crippen molar-refractivity contribution >= 4 is 11.9 Å². The third-order valence-corrected chi connectivity index (χ3v) is 7.69. The largest absolute Gasteiger partial charge is 0.613 e. The Morgan fingerprint density at radius 3 is 2.48 bits per heavy atom. The molecular weight excluding hydrogens is 428 g/mol. The molecule has 31 heavy (non-hydrogen) atoms. The monoisotopic (exact) mass is 447 g/mol. The number of rotatable bonds is 3. The van der Waals surface area contributed by atoms with E-state index in [0.717, 1.165) is 0 Å². The number of alkyl halides is 2. The molecule has 4 aliphatic carbocycles. The van der Waals surface area contributed by atoms with Crippen molar-refractivity contribution < 1.29 is 52.1 Å². The fourth-order valence-corrected chi connectivity index (χ4v) is 6.71. The van der Waals surface area contributed by atoms with Gasteiger partial charge in [-0.05, 0) is 38.0 Å². The molecule has 0 aromatic rings. The smallest absolute Gasteiger partial charge is 0.454 e. The molecule has 0 aromatic heterocycles. The highest BCUT2D eigenvalue weighted by molar-refractivity contribution is 5.78. The van der Waals surface area contributed by atoms with Gasteiger partial charge in [0.15, 0.2) is 30.4 Å². The molecule has 13 heteroatoms. The minimum absolute atomic E-state index is 0.0765. The Morgan fingerprint density at radius 1 is 1.16 bits per heavy atom. The molecule has 4 bridgehead atoms. The van der Waals surface area contributed by atoms with Crippen LogP contribution in [-0.2, 0) is 33.3 Å². The summed E-state index contributed by atoms with van der Waals surface area (Å²) in [5.74, 6) is -4.61. The summed E-state index contributed by atoms with van der Waals surface area (Å²) in [4.78, 5) is 32.1. The molecule has 1 spiro atoms. The van der Waals surface area contributed by atoms with Crippen LogP contribution in [-0.4, -0.2) is 70.1 Å². The molecule has 0 aromatic carbocycles. The summed E-state index contributed by atoms with van der Waals surface area (Å²) in [7, 11) is 0. The van der Waals surface area contributed by atoms with Gasteiger partial charge in [0.05, 0.1) is 0 Å². The Kier molecular flexibility index (Phi) is 3.74. The summed E-state index contributed by atoms with van der Waals surface area (Å²) < 4.78 is 55.6. The van der Waals surface area contributed by atoms with E-state index in [1.54, 1.807) is 0 Å². The number of carbonyl (C=O) groups excluding carboxylic acids is 2. The zero-order valence-electron chi connectivity index (χ0n) is 16.0. The van der Waals surface area contributed by atoms with E-state index >= 15 is 0 Å². The van der Waals surface area contributed by atoms with Crippen molar-refractivity contribution in [3.05, 3.63) is 10.1 Å². The number of aliphatic hydroxyl groups excluding tert-OH is 1. The van der Waals surface area contributed by atoms with Gasteiger partial charge >= 0.3 is 18.0 Å². The molecular formula is C18H19F2NO10. The standard InChI is InChI=1S/C18H19F2NO10/c19-18(20,21(25)26)15(24)31-16-3-6-1-7(4-16)17(8(2-6)5-16)29-12-11-10(28-14(12)30-17)9(22)13(23)27-11/h6-12,14,22H,1-5H2. The predicted octanol–water partition coefficient (Wildman–Crippen LogP) is 0.101. The van der Waals surface area contributed by atoms with Crippen molar-refractivity contribution in [2.45, 2.75) is 80.2 Å². The van der Waals surface area contributed by atoms with Gasteiger partial charge in [0, 0.05) is 11.8 Å². The van der Waals surface area contributed by atoms with E-state index in [-0.39, 0.29) is 30.6 Å². The average molecular weight is 447 g/mol. The second-order valence-corrected chi connectivity index (χ2v) is 9.45. The molecule has 170 valence electrons. The van der Waals surface area contributed by atoms with Crippen LogP contribution < -0.4 is 0 Å². The highest BCUT2D eigenvalue weighted by atomic mass is 19.3. The first-order chi connectivity index (χ1) is 14.5. The zero-order chi connectivity index (χ0) is 21.9. The van der Waals surface area contributed by atoms with Gasteiger partial charge in [0.25, 0.3) is 0 Å². The molecule has 0 amide bonds. The molecule has 7 aliphatic rings. The summed E-state index contributed by atoms with van der Waals surface area (Å²) >= 11 is 0. The number of halogens is 2. The topological polar surface area (TPSA) is 144 Å². The van der Waals surface area contributed by atoms with Gasteiger partial charge in [-0.25, -0.2) is 9.59 Å². The van der Waals surface area contributed by atoms with Gasteiger partial charge in [0.2, 0.25) is 0 Å². The summed E-state index contributed by atoms with van der Waals surface area (Å²) in [5, 5.41) is 20.4. The van der Waals surface area contributed by atoms with Crippen molar-refractivity contribution in [1.82, 2.24) is 0 Å². The Bertz CT molecular complexity index is 865. The number of ether oxygens (including phenoxy) is 5. The molecule has 3 saturated heterocycles. The molecule has 11 nitrogen and oxygen atoms in total. The minimum Gasteiger partial charge on any atom is -0.454 e. The van der Waals surface area contributed by atoms with Crippen molar-refractivity contribution in [3.63, 3.8) is 0 Å². The molecule has 7 atom stereocenters. The summed E-state index contributed by atoms with van der Waals surface area (Å²) in [6.07, 6.45) is -2.72. The lowest BCUT2D eigenvalue weighted by Crippen LogP contribution is -2.66. The number of hydrogen-bond donors (Lipinski definition) is 1. The van der Waals surface area contributed by atoms with Crippen molar-refractivity contribution in [2.24, 2.45) is 17.8 Å². The van der Waals surface area contributed by atoms with Gasteiger partial charge < -0.3 is 28.8 Å². The maximum absolute atomic E-state index is 13.6. The van der Waals surface area contributed by atoms with E-state index in [0.29, 0.717) is 19.3 Å². The van der Waals surface area contributed by atoms with E-state index in [9.17, 15) is 33.6 Å². The van der Waals surface area contributed by atoms with Gasteiger partial charge in [-0.2, -0.15) is 0 Å². The van der Waals surface area contributed by atoms with Gasteiger partial charge in [-0.3, -0.25) is 10.1 Å². The molecule has 7 fully saturated rings. The van der Waals surface area contributed by atoms with E-state index < -0.39 is 65.0 Å². The van der Waals surface area contributed by atoms with Gasteiger partial charge in [-0.15, -0.1) is 8.78 Å². The first-order valence-electron chi connectivity index (χ1n) is 10.2. The third-order valence-electron chi connectivity index (χ3n) is 7.69. The van der Waals surface area contributed by atoms with E-state index in [1.807, 2.05) is 0 Å². The number of hydrogen-bond acceptors (Lipinski definition) is 10. The van der Waals surface area contributed by atoms with Crippen molar-refractivity contribution in [3.8, 4) is 0 Å². The molecule has 1 N–H and O–H groups in total. The summed E-state index contributed by atoms with van der Waals surface area (Å²) in [6, 6.07) is -4.81. The molecule has 7 unspecified atom stereocenters. The number of aliphatic hydroxyl groups is 1. The summed E-state index contributed by atoms with van der Waals surface area (Å²) in [6.45, 7) is 0. The average Bonchev–Trinajstić information content (AvgIpc) is 3.29. The van der Waals surface area contributed by atoms with E-state index in [4.69, 9.17) is 23.7 Å². The van der Waals surface area contributed by atoms with Crippen LogP contribution in [0.15, 0.2) is 0 Å². The van der Waals surface area contributed by atoms with Crippen LogP contribution in [0.4, 0.5) is 8.78 Å². The highest BCUT2D eigenvalue weighted by Gasteiger charge is 2.73. The predicted molar refractivity (Wildman–Crippen MR) is 87.6 cm³/mol. The Balaban J connectivity index is 1.23. The molecule has 4 saturated carbocycles. The van der Waals surface area contributed by atoms with Crippen LogP contribution in [0.25, 0.3) is 0 Å². The lowest BCUT2D eigenvalue weighted by atomic mass is 9.51. The van der Waals surface area contributed by atoms with E-state index in [1.165, 1.54) is 0 Å². The van der Waals surface area contributed by atoms with Crippen LogP contribution in [0.3, 0.4) is 0 Å². The third kappa shape index (κ3) is 2.45. The quantitative estimate of drug-likeness (QED) is 0.274. The normalized spacial score (nSPS) is 51.6. The maximum atomic E-state index is 13.6. The summed E-state index contributed by atoms with van der Waals surface area (Å²) in [5.41, 5.74) is -1.23. The Labute approximate surface area is 173 Å².